The number of hydrogen-bond donors (Lipinski definition) is 1. The van der Waals surface area contributed by atoms with Gasteiger partial charge in [-0.05, 0) is 44.9 Å². The average Bonchev–Trinajstić information content (AvgIpc) is 2.19. The minimum absolute atomic E-state index is 0.0493. The Morgan fingerprint density at radius 2 is 1.88 bits per heavy atom. The van der Waals surface area contributed by atoms with Crippen LogP contribution in [0, 0.1) is 5.82 Å². The SMILES string of the molecule is CC(Cc1ccc(F)cc1)NC(=O)OC(C)C. The summed E-state index contributed by atoms with van der Waals surface area (Å²) in [5.74, 6) is -0.256. The molecule has 1 N–H and O–H groups in total. The number of rotatable bonds is 4. The van der Waals surface area contributed by atoms with E-state index in [0.717, 1.165) is 5.56 Å². The van der Waals surface area contributed by atoms with Crippen LogP contribution in [0.3, 0.4) is 0 Å². The van der Waals surface area contributed by atoms with Gasteiger partial charge in [-0.15, -0.1) is 0 Å². The molecule has 0 aliphatic heterocycles. The number of carbonyl (C=O) groups excluding carboxylic acids is 1. The van der Waals surface area contributed by atoms with Gasteiger partial charge in [0.05, 0.1) is 6.10 Å². The fourth-order valence-corrected chi connectivity index (χ4v) is 1.47. The predicted octanol–water partition coefficient (Wildman–Crippen LogP) is 2.89. The molecule has 0 aliphatic carbocycles. The monoisotopic (exact) mass is 239 g/mol. The lowest BCUT2D eigenvalue weighted by molar-refractivity contribution is 0.113. The molecule has 0 aliphatic rings. The van der Waals surface area contributed by atoms with Crippen molar-refractivity contribution in [2.24, 2.45) is 0 Å². The van der Waals surface area contributed by atoms with Crippen LogP contribution in [0.25, 0.3) is 0 Å². The Morgan fingerprint density at radius 3 is 2.41 bits per heavy atom. The molecule has 0 saturated heterocycles. The first-order valence-electron chi connectivity index (χ1n) is 5.69. The highest BCUT2D eigenvalue weighted by Gasteiger charge is 2.10. The van der Waals surface area contributed by atoms with Crippen LogP contribution in [-0.4, -0.2) is 18.2 Å². The lowest BCUT2D eigenvalue weighted by atomic mass is 10.1. The number of carbonyl (C=O) groups is 1. The number of alkyl carbamates (subject to hydrolysis) is 1. The minimum atomic E-state index is -0.422. The van der Waals surface area contributed by atoms with Crippen molar-refractivity contribution in [2.45, 2.75) is 39.3 Å². The quantitative estimate of drug-likeness (QED) is 0.877. The summed E-state index contributed by atoms with van der Waals surface area (Å²) in [5, 5.41) is 2.72. The van der Waals surface area contributed by atoms with E-state index in [1.807, 2.05) is 6.92 Å². The van der Waals surface area contributed by atoms with Crippen molar-refractivity contribution < 1.29 is 13.9 Å². The molecular weight excluding hydrogens is 221 g/mol. The second-order valence-corrected chi connectivity index (χ2v) is 4.33. The van der Waals surface area contributed by atoms with Crippen LogP contribution < -0.4 is 5.32 Å². The van der Waals surface area contributed by atoms with Gasteiger partial charge in [0, 0.05) is 6.04 Å². The standard InChI is InChI=1S/C13H18FNO2/c1-9(2)17-13(16)15-10(3)8-11-4-6-12(14)7-5-11/h4-7,9-10H,8H2,1-3H3,(H,15,16). The molecule has 94 valence electrons. The highest BCUT2D eigenvalue weighted by Crippen LogP contribution is 2.05. The summed E-state index contributed by atoms with van der Waals surface area (Å²) >= 11 is 0. The Kier molecular flexibility index (Phi) is 4.94. The molecule has 0 radical (unpaired) electrons. The van der Waals surface area contributed by atoms with Crippen molar-refractivity contribution in [3.63, 3.8) is 0 Å². The molecule has 0 fully saturated rings. The third kappa shape index (κ3) is 5.33. The van der Waals surface area contributed by atoms with Gasteiger partial charge >= 0.3 is 6.09 Å². The number of halogens is 1. The fraction of sp³-hybridized carbons (Fsp3) is 0.462. The third-order valence-corrected chi connectivity index (χ3v) is 2.16. The molecule has 0 spiro atoms. The summed E-state index contributed by atoms with van der Waals surface area (Å²) < 4.78 is 17.7. The maximum atomic E-state index is 12.7. The van der Waals surface area contributed by atoms with E-state index in [4.69, 9.17) is 4.74 Å². The van der Waals surface area contributed by atoms with Gasteiger partial charge in [0.25, 0.3) is 0 Å². The van der Waals surface area contributed by atoms with Crippen LogP contribution in [-0.2, 0) is 11.2 Å². The summed E-state index contributed by atoms with van der Waals surface area (Å²) in [5.41, 5.74) is 0.976. The third-order valence-electron chi connectivity index (χ3n) is 2.16. The second-order valence-electron chi connectivity index (χ2n) is 4.33. The van der Waals surface area contributed by atoms with E-state index in [0.29, 0.717) is 6.42 Å². The minimum Gasteiger partial charge on any atom is -0.447 e. The summed E-state index contributed by atoms with van der Waals surface area (Å²) in [6.45, 7) is 5.47. The van der Waals surface area contributed by atoms with Gasteiger partial charge in [0.1, 0.15) is 5.82 Å². The maximum Gasteiger partial charge on any atom is 0.407 e. The van der Waals surface area contributed by atoms with Crippen LogP contribution in [0.2, 0.25) is 0 Å². The van der Waals surface area contributed by atoms with Crippen molar-refractivity contribution in [1.82, 2.24) is 5.32 Å². The molecule has 1 amide bonds. The van der Waals surface area contributed by atoms with Gasteiger partial charge in [-0.25, -0.2) is 9.18 Å². The Morgan fingerprint density at radius 1 is 1.29 bits per heavy atom. The van der Waals surface area contributed by atoms with E-state index in [2.05, 4.69) is 5.32 Å². The van der Waals surface area contributed by atoms with Crippen molar-refractivity contribution in [3.05, 3.63) is 35.6 Å². The first kappa shape index (κ1) is 13.5. The fourth-order valence-electron chi connectivity index (χ4n) is 1.47. The molecule has 1 aromatic rings. The predicted molar refractivity (Wildman–Crippen MR) is 64.3 cm³/mol. The zero-order chi connectivity index (χ0) is 12.8. The Hall–Kier alpha value is -1.58. The number of hydrogen-bond acceptors (Lipinski definition) is 2. The summed E-state index contributed by atoms with van der Waals surface area (Å²) in [7, 11) is 0. The normalized spacial score (nSPS) is 12.3. The van der Waals surface area contributed by atoms with Crippen molar-refractivity contribution >= 4 is 6.09 Å². The van der Waals surface area contributed by atoms with E-state index in [1.165, 1.54) is 12.1 Å². The van der Waals surface area contributed by atoms with Crippen LogP contribution >= 0.6 is 0 Å². The lowest BCUT2D eigenvalue weighted by Gasteiger charge is -2.15. The Bertz CT molecular complexity index is 362. The van der Waals surface area contributed by atoms with Gasteiger partial charge in [-0.2, -0.15) is 0 Å². The average molecular weight is 239 g/mol. The van der Waals surface area contributed by atoms with Crippen molar-refractivity contribution in [3.8, 4) is 0 Å². The highest BCUT2D eigenvalue weighted by molar-refractivity contribution is 5.67. The topological polar surface area (TPSA) is 38.3 Å². The van der Waals surface area contributed by atoms with Gasteiger partial charge in [0.15, 0.2) is 0 Å². The van der Waals surface area contributed by atoms with Gasteiger partial charge in [0.2, 0.25) is 0 Å². The van der Waals surface area contributed by atoms with E-state index in [1.54, 1.807) is 26.0 Å². The number of amides is 1. The molecule has 0 saturated carbocycles. The first-order chi connectivity index (χ1) is 7.97. The Labute approximate surface area is 101 Å². The van der Waals surface area contributed by atoms with E-state index in [9.17, 15) is 9.18 Å². The molecule has 1 atom stereocenters. The zero-order valence-corrected chi connectivity index (χ0v) is 10.4. The largest absolute Gasteiger partial charge is 0.447 e. The molecule has 1 unspecified atom stereocenters. The van der Waals surface area contributed by atoms with Gasteiger partial charge in [-0.3, -0.25) is 0 Å². The Balaban J connectivity index is 2.41. The molecule has 4 heteroatoms. The van der Waals surface area contributed by atoms with Crippen LogP contribution in [0.15, 0.2) is 24.3 Å². The van der Waals surface area contributed by atoms with Crippen LogP contribution in [0.1, 0.15) is 26.3 Å². The second kappa shape index (κ2) is 6.23. The molecule has 0 bridgehead atoms. The number of ether oxygens (including phenoxy) is 1. The smallest absolute Gasteiger partial charge is 0.407 e. The summed E-state index contributed by atoms with van der Waals surface area (Å²) in [6, 6.07) is 6.19. The van der Waals surface area contributed by atoms with Gasteiger partial charge < -0.3 is 10.1 Å². The lowest BCUT2D eigenvalue weighted by Crippen LogP contribution is -2.35. The molecule has 1 aromatic carbocycles. The maximum absolute atomic E-state index is 12.7. The first-order valence-corrected chi connectivity index (χ1v) is 5.69. The summed E-state index contributed by atoms with van der Waals surface area (Å²) in [6.07, 6.45) is 0.0932. The summed E-state index contributed by atoms with van der Waals surface area (Å²) in [4.78, 5) is 11.3. The van der Waals surface area contributed by atoms with Crippen LogP contribution in [0.4, 0.5) is 9.18 Å². The molecule has 3 nitrogen and oxygen atoms in total. The molecule has 0 heterocycles. The number of nitrogens with one attached hydrogen (secondary N) is 1. The van der Waals surface area contributed by atoms with E-state index >= 15 is 0 Å². The van der Waals surface area contributed by atoms with Crippen LogP contribution in [0.5, 0.6) is 0 Å². The molecular formula is C13H18FNO2. The highest BCUT2D eigenvalue weighted by atomic mass is 19.1. The molecule has 17 heavy (non-hydrogen) atoms. The molecule has 0 aromatic heterocycles. The zero-order valence-electron chi connectivity index (χ0n) is 10.4. The van der Waals surface area contributed by atoms with Crippen molar-refractivity contribution in [2.75, 3.05) is 0 Å². The van der Waals surface area contributed by atoms with Gasteiger partial charge in [-0.1, -0.05) is 12.1 Å². The molecule has 1 rings (SSSR count). The van der Waals surface area contributed by atoms with E-state index in [-0.39, 0.29) is 18.0 Å². The number of benzene rings is 1. The van der Waals surface area contributed by atoms with E-state index < -0.39 is 6.09 Å². The van der Waals surface area contributed by atoms with Crippen molar-refractivity contribution in [1.29, 1.82) is 0 Å².